The topological polar surface area (TPSA) is 57.9 Å². The van der Waals surface area contributed by atoms with Crippen LogP contribution in [-0.4, -0.2) is 48.2 Å². The highest BCUT2D eigenvalue weighted by Crippen LogP contribution is 2.48. The Hall–Kier alpha value is -0.910. The van der Waals surface area contributed by atoms with Crippen molar-refractivity contribution < 1.29 is 52.3 Å². The van der Waals surface area contributed by atoms with Crippen molar-refractivity contribution in [3.8, 4) is 6.07 Å². The van der Waals surface area contributed by atoms with Crippen LogP contribution in [0.1, 0.15) is 19.8 Å². The van der Waals surface area contributed by atoms with Crippen LogP contribution in [0.15, 0.2) is 0 Å². The van der Waals surface area contributed by atoms with Gasteiger partial charge < -0.3 is 0 Å². The Morgan fingerprint density at radius 1 is 0.923 bits per heavy atom. The molecule has 0 saturated heterocycles. The summed E-state index contributed by atoms with van der Waals surface area (Å²) in [5, 5.41) is 8.83. The van der Waals surface area contributed by atoms with Gasteiger partial charge in [-0.3, -0.25) is 0 Å². The minimum atomic E-state index is -6.65. The third kappa shape index (κ3) is 5.80. The third-order valence-corrected chi connectivity index (χ3v) is 6.41. The monoisotopic (exact) mass is 443 g/mol. The molecule has 3 nitrogen and oxygen atoms in total. The standard InChI is InChI=1S/C11H11F10NO2S2/c1-7(6-22,2-4-25-11(19,20)21)26(23,24)5-3-8(12,13)9(14,15)10(16,17)18/h2-5H2,1H3. The van der Waals surface area contributed by atoms with Crippen molar-refractivity contribution in [2.75, 3.05) is 11.5 Å². The Bertz CT molecular complexity index is 635. The highest BCUT2D eigenvalue weighted by atomic mass is 32.2. The first-order valence-corrected chi connectivity index (χ1v) is 9.03. The summed E-state index contributed by atoms with van der Waals surface area (Å²) in [6.45, 7) is 0.569. The van der Waals surface area contributed by atoms with E-state index in [9.17, 15) is 52.3 Å². The summed E-state index contributed by atoms with van der Waals surface area (Å²) in [7, 11) is -5.05. The lowest BCUT2D eigenvalue weighted by molar-refractivity contribution is -0.354. The highest BCUT2D eigenvalue weighted by Gasteiger charge is 2.72. The number of thioether (sulfide) groups is 1. The maximum atomic E-state index is 13.2. The molecule has 26 heavy (non-hydrogen) atoms. The van der Waals surface area contributed by atoms with Crippen LogP contribution in [-0.2, 0) is 9.84 Å². The smallest absolute Gasteiger partial charge is 0.227 e. The van der Waals surface area contributed by atoms with Gasteiger partial charge in [-0.1, -0.05) is 11.8 Å². The Morgan fingerprint density at radius 2 is 1.38 bits per heavy atom. The number of sulfone groups is 1. The number of hydrogen-bond donors (Lipinski definition) is 0. The van der Waals surface area contributed by atoms with Crippen LogP contribution in [0.25, 0.3) is 0 Å². The molecule has 0 fully saturated rings. The Labute approximate surface area is 145 Å². The number of alkyl halides is 10. The molecular weight excluding hydrogens is 432 g/mol. The lowest BCUT2D eigenvalue weighted by Crippen LogP contribution is -2.53. The third-order valence-electron chi connectivity index (χ3n) is 3.27. The summed E-state index contributed by atoms with van der Waals surface area (Å²) in [5.74, 6) is -15.2. The normalized spacial score (nSPS) is 16.8. The molecule has 15 heteroatoms. The molecule has 0 aliphatic carbocycles. The SMILES string of the molecule is CC(C#N)(CCSC(F)(F)F)S(=O)(=O)CCC(F)(F)C(F)(F)C(F)(F)F. The van der Waals surface area contributed by atoms with Gasteiger partial charge in [0.05, 0.1) is 11.8 Å². The molecule has 0 aromatic carbocycles. The summed E-state index contributed by atoms with van der Waals surface area (Å²) >= 11 is -0.709. The summed E-state index contributed by atoms with van der Waals surface area (Å²) < 4.78 is 145. The fourth-order valence-corrected chi connectivity index (χ4v) is 3.89. The molecular formula is C11H11F10NO2S2. The van der Waals surface area contributed by atoms with E-state index < -0.39 is 74.2 Å². The summed E-state index contributed by atoms with van der Waals surface area (Å²) in [4.78, 5) is 0. The van der Waals surface area contributed by atoms with Crippen LogP contribution in [0.4, 0.5) is 43.9 Å². The van der Waals surface area contributed by atoms with Crippen molar-refractivity contribution in [1.82, 2.24) is 0 Å². The van der Waals surface area contributed by atoms with Crippen molar-refractivity contribution in [2.24, 2.45) is 0 Å². The van der Waals surface area contributed by atoms with E-state index in [1.54, 1.807) is 0 Å². The highest BCUT2D eigenvalue weighted by molar-refractivity contribution is 8.00. The molecule has 1 unspecified atom stereocenters. The van der Waals surface area contributed by atoms with Gasteiger partial charge in [-0.15, -0.1) is 0 Å². The van der Waals surface area contributed by atoms with E-state index in [2.05, 4.69) is 0 Å². The second kappa shape index (κ2) is 7.61. The van der Waals surface area contributed by atoms with Gasteiger partial charge >= 0.3 is 23.5 Å². The van der Waals surface area contributed by atoms with Gasteiger partial charge in [0.25, 0.3) is 0 Å². The lowest BCUT2D eigenvalue weighted by atomic mass is 10.1. The van der Waals surface area contributed by atoms with Gasteiger partial charge in [0.1, 0.15) is 0 Å². The molecule has 0 rings (SSSR count). The maximum Gasteiger partial charge on any atom is 0.459 e. The van der Waals surface area contributed by atoms with E-state index in [1.807, 2.05) is 0 Å². The molecule has 0 heterocycles. The van der Waals surface area contributed by atoms with Crippen molar-refractivity contribution in [3.63, 3.8) is 0 Å². The molecule has 0 spiro atoms. The van der Waals surface area contributed by atoms with E-state index in [-0.39, 0.29) is 0 Å². The molecule has 0 radical (unpaired) electrons. The van der Waals surface area contributed by atoms with Gasteiger partial charge in [-0.05, 0) is 13.3 Å². The lowest BCUT2D eigenvalue weighted by Gasteiger charge is -2.29. The van der Waals surface area contributed by atoms with Crippen molar-refractivity contribution in [1.29, 1.82) is 5.26 Å². The first kappa shape index (κ1) is 25.1. The summed E-state index contributed by atoms with van der Waals surface area (Å²) in [6.07, 6.45) is -10.1. The minimum absolute atomic E-state index is 0.569. The second-order valence-corrected chi connectivity index (χ2v) is 8.93. The average molecular weight is 443 g/mol. The molecule has 0 saturated carbocycles. The molecule has 0 bridgehead atoms. The first-order valence-electron chi connectivity index (χ1n) is 6.39. The van der Waals surface area contributed by atoms with Gasteiger partial charge in [-0.2, -0.15) is 49.2 Å². The number of hydrogen-bond acceptors (Lipinski definition) is 4. The molecule has 0 aliphatic heterocycles. The van der Waals surface area contributed by atoms with E-state index in [4.69, 9.17) is 5.26 Å². The van der Waals surface area contributed by atoms with Crippen molar-refractivity contribution in [3.05, 3.63) is 0 Å². The number of nitrogens with zero attached hydrogens (tertiary/aromatic N) is 1. The average Bonchev–Trinajstić information content (AvgIpc) is 2.42. The quantitative estimate of drug-likeness (QED) is 0.517. The predicted molar refractivity (Wildman–Crippen MR) is 71.5 cm³/mol. The van der Waals surface area contributed by atoms with Crippen molar-refractivity contribution >= 4 is 21.6 Å². The van der Waals surface area contributed by atoms with Crippen LogP contribution in [0.5, 0.6) is 0 Å². The van der Waals surface area contributed by atoms with Gasteiger partial charge in [-0.25, -0.2) is 8.42 Å². The van der Waals surface area contributed by atoms with Crippen LogP contribution < -0.4 is 0 Å². The van der Waals surface area contributed by atoms with Crippen LogP contribution >= 0.6 is 11.8 Å². The van der Waals surface area contributed by atoms with E-state index >= 15 is 0 Å². The molecule has 0 aromatic heterocycles. The number of halogens is 10. The van der Waals surface area contributed by atoms with E-state index in [0.29, 0.717) is 6.92 Å². The van der Waals surface area contributed by atoms with E-state index in [1.165, 1.54) is 0 Å². The van der Waals surface area contributed by atoms with Gasteiger partial charge in [0, 0.05) is 12.2 Å². The molecule has 0 aliphatic rings. The summed E-state index contributed by atoms with van der Waals surface area (Å²) in [6, 6.07) is 1.09. The van der Waals surface area contributed by atoms with Crippen LogP contribution in [0, 0.1) is 11.3 Å². The van der Waals surface area contributed by atoms with E-state index in [0.717, 1.165) is 6.07 Å². The molecule has 1 atom stereocenters. The predicted octanol–water partition coefficient (Wildman–Crippen LogP) is 4.55. The second-order valence-electron chi connectivity index (χ2n) is 5.23. The first-order chi connectivity index (χ1) is 11.2. The van der Waals surface area contributed by atoms with Gasteiger partial charge in [0.2, 0.25) is 0 Å². The molecule has 0 amide bonds. The fraction of sp³-hybridized carbons (Fsp3) is 0.909. The largest absolute Gasteiger partial charge is 0.459 e. The fourth-order valence-electron chi connectivity index (χ4n) is 1.49. The Balaban J connectivity index is 5.30. The minimum Gasteiger partial charge on any atom is -0.227 e. The number of rotatable bonds is 8. The number of nitriles is 1. The zero-order chi connectivity index (χ0) is 21.2. The van der Waals surface area contributed by atoms with Crippen molar-refractivity contribution in [2.45, 2.75) is 48.0 Å². The molecule has 0 N–H and O–H groups in total. The summed E-state index contributed by atoms with van der Waals surface area (Å²) in [5.41, 5.74) is -4.78. The Kier molecular flexibility index (Phi) is 7.34. The van der Waals surface area contributed by atoms with Gasteiger partial charge in [0.15, 0.2) is 14.6 Å². The zero-order valence-corrected chi connectivity index (χ0v) is 14.3. The Morgan fingerprint density at radius 3 is 1.73 bits per heavy atom. The zero-order valence-electron chi connectivity index (χ0n) is 12.7. The van der Waals surface area contributed by atoms with Crippen LogP contribution in [0.2, 0.25) is 0 Å². The maximum absolute atomic E-state index is 13.2. The molecule has 154 valence electrons. The molecule has 0 aromatic rings. The van der Waals surface area contributed by atoms with Crippen LogP contribution in [0.3, 0.4) is 0 Å².